The van der Waals surface area contributed by atoms with Crippen molar-refractivity contribution in [3.05, 3.63) is 29.1 Å². The number of carbonyl (C=O) groups excluding carboxylic acids is 5. The molecule has 4 aliphatic heterocycles. The Hall–Kier alpha value is -3.34. The van der Waals surface area contributed by atoms with Crippen LogP contribution in [-0.2, 0) is 14.4 Å². The van der Waals surface area contributed by atoms with Gasteiger partial charge in [0.2, 0.25) is 17.7 Å². The number of anilines is 1. The number of nitrogens with one attached hydrogen (secondary N) is 2. The lowest BCUT2D eigenvalue weighted by molar-refractivity contribution is -0.137. The van der Waals surface area contributed by atoms with E-state index in [1.807, 2.05) is 4.90 Å². The Morgan fingerprint density at radius 3 is 2.21 bits per heavy atom. The first-order valence-electron chi connectivity index (χ1n) is 11.6. The van der Waals surface area contributed by atoms with Gasteiger partial charge in [-0.15, -0.1) is 0 Å². The topological polar surface area (TPSA) is 119 Å². The third-order valence-corrected chi connectivity index (χ3v) is 7.12. The highest BCUT2D eigenvalue weighted by Gasteiger charge is 2.45. The number of amides is 5. The van der Waals surface area contributed by atoms with Gasteiger partial charge in [0.1, 0.15) is 11.9 Å². The number of imide groups is 2. The lowest BCUT2D eigenvalue weighted by Gasteiger charge is -2.36. The molecule has 5 amide bonds. The normalized spacial score (nSPS) is 23.9. The first-order valence-corrected chi connectivity index (χ1v) is 11.6. The molecule has 1 unspecified atom stereocenters. The molecule has 1 aromatic carbocycles. The Morgan fingerprint density at radius 2 is 1.56 bits per heavy atom. The number of hydrogen-bond donors (Lipinski definition) is 2. The minimum Gasteiger partial charge on any atom is -0.369 e. The lowest BCUT2D eigenvalue weighted by Crippen LogP contribution is -2.54. The molecule has 3 saturated heterocycles. The van der Waals surface area contributed by atoms with Gasteiger partial charge in [-0.1, -0.05) is 0 Å². The third-order valence-electron chi connectivity index (χ3n) is 7.12. The number of rotatable bonds is 3. The van der Waals surface area contributed by atoms with Crippen molar-refractivity contribution in [2.45, 2.75) is 31.7 Å². The summed E-state index contributed by atoms with van der Waals surface area (Å²) < 4.78 is 15.0. The van der Waals surface area contributed by atoms with E-state index in [0.717, 1.165) is 24.1 Å². The third kappa shape index (κ3) is 3.83. The van der Waals surface area contributed by atoms with E-state index >= 15 is 4.39 Å². The summed E-state index contributed by atoms with van der Waals surface area (Å²) in [6, 6.07) is 1.33. The van der Waals surface area contributed by atoms with Gasteiger partial charge in [0, 0.05) is 51.6 Å². The fourth-order valence-electron chi connectivity index (χ4n) is 5.23. The molecule has 11 heteroatoms. The average Bonchev–Trinajstić information content (AvgIpc) is 3.08. The summed E-state index contributed by atoms with van der Waals surface area (Å²) in [4.78, 5) is 66.8. The summed E-state index contributed by atoms with van der Waals surface area (Å²) in [5, 5.41) is 5.37. The Bertz CT molecular complexity index is 1080. The van der Waals surface area contributed by atoms with Gasteiger partial charge in [0.25, 0.3) is 11.8 Å². The molecule has 4 heterocycles. The number of fused-ring (bicyclic) bond motifs is 1. The van der Waals surface area contributed by atoms with Gasteiger partial charge < -0.3 is 15.1 Å². The molecule has 1 atom stereocenters. The Balaban J connectivity index is 1.31. The molecule has 0 saturated carbocycles. The zero-order valence-electron chi connectivity index (χ0n) is 18.6. The predicted molar refractivity (Wildman–Crippen MR) is 117 cm³/mol. The number of hydrogen-bond acceptors (Lipinski definition) is 7. The second kappa shape index (κ2) is 8.79. The number of carbonyl (C=O) groups is 5. The molecular weight excluding hydrogens is 445 g/mol. The highest BCUT2D eigenvalue weighted by atomic mass is 19.1. The molecule has 5 rings (SSSR count). The van der Waals surface area contributed by atoms with Crippen molar-refractivity contribution in [2.75, 3.05) is 44.2 Å². The van der Waals surface area contributed by atoms with Crippen LogP contribution in [0.25, 0.3) is 0 Å². The number of benzene rings is 1. The minimum atomic E-state index is -1.09. The van der Waals surface area contributed by atoms with Crippen LogP contribution in [-0.4, -0.2) is 84.6 Å². The van der Waals surface area contributed by atoms with E-state index in [0.29, 0.717) is 39.0 Å². The van der Waals surface area contributed by atoms with E-state index in [9.17, 15) is 24.0 Å². The molecule has 3 fully saturated rings. The van der Waals surface area contributed by atoms with Crippen molar-refractivity contribution in [2.24, 2.45) is 5.92 Å². The molecule has 180 valence electrons. The van der Waals surface area contributed by atoms with Crippen LogP contribution in [0.3, 0.4) is 0 Å². The zero-order chi connectivity index (χ0) is 24.0. The summed E-state index contributed by atoms with van der Waals surface area (Å²) >= 11 is 0. The first kappa shape index (κ1) is 22.5. The highest BCUT2D eigenvalue weighted by molar-refractivity contribution is 6.23. The van der Waals surface area contributed by atoms with Crippen molar-refractivity contribution in [3.8, 4) is 0 Å². The SMILES string of the molecule is O=C1CCC(N2C(=O)c3cc(F)c(N4CCC(C(=O)N5CCNCC5)CC4)cc3C2=O)C(=O)N1. The largest absolute Gasteiger partial charge is 0.369 e. The van der Waals surface area contributed by atoms with Crippen LogP contribution in [0.1, 0.15) is 46.4 Å². The van der Waals surface area contributed by atoms with Gasteiger partial charge in [-0.25, -0.2) is 4.39 Å². The maximum atomic E-state index is 15.0. The second-order valence-electron chi connectivity index (χ2n) is 9.13. The molecule has 0 aliphatic carbocycles. The number of halogens is 1. The van der Waals surface area contributed by atoms with Crippen molar-refractivity contribution in [1.29, 1.82) is 0 Å². The second-order valence-corrected chi connectivity index (χ2v) is 9.13. The zero-order valence-corrected chi connectivity index (χ0v) is 18.6. The maximum Gasteiger partial charge on any atom is 0.262 e. The van der Waals surface area contributed by atoms with Crippen LogP contribution in [0.15, 0.2) is 12.1 Å². The summed E-state index contributed by atoms with van der Waals surface area (Å²) in [6.07, 6.45) is 1.22. The predicted octanol–water partition coefficient (Wildman–Crippen LogP) is -0.125. The fourth-order valence-corrected chi connectivity index (χ4v) is 5.23. The van der Waals surface area contributed by atoms with Crippen LogP contribution in [0.2, 0.25) is 0 Å². The van der Waals surface area contributed by atoms with Gasteiger partial charge >= 0.3 is 0 Å². The van der Waals surface area contributed by atoms with Gasteiger partial charge in [-0.2, -0.15) is 0 Å². The van der Waals surface area contributed by atoms with E-state index < -0.39 is 35.5 Å². The molecule has 2 N–H and O–H groups in total. The van der Waals surface area contributed by atoms with Crippen molar-refractivity contribution in [1.82, 2.24) is 20.4 Å². The van der Waals surface area contributed by atoms with E-state index in [4.69, 9.17) is 0 Å². The van der Waals surface area contributed by atoms with Gasteiger partial charge in [0.15, 0.2) is 0 Å². The quantitative estimate of drug-likeness (QED) is 0.590. The molecule has 1 aromatic rings. The van der Waals surface area contributed by atoms with Crippen molar-refractivity contribution in [3.63, 3.8) is 0 Å². The van der Waals surface area contributed by atoms with Crippen LogP contribution in [0.5, 0.6) is 0 Å². The number of piperidine rings is 2. The Labute approximate surface area is 195 Å². The summed E-state index contributed by atoms with van der Waals surface area (Å²) in [5.74, 6) is -3.17. The van der Waals surface area contributed by atoms with Gasteiger partial charge in [-0.05, 0) is 31.4 Å². The minimum absolute atomic E-state index is 0.0189. The molecule has 0 bridgehead atoms. The fraction of sp³-hybridized carbons (Fsp3) is 0.522. The van der Waals surface area contributed by atoms with Crippen LogP contribution < -0.4 is 15.5 Å². The van der Waals surface area contributed by atoms with Gasteiger partial charge in [0.05, 0.1) is 16.8 Å². The molecule has 10 nitrogen and oxygen atoms in total. The van der Waals surface area contributed by atoms with Crippen LogP contribution in [0.4, 0.5) is 10.1 Å². The summed E-state index contributed by atoms with van der Waals surface area (Å²) in [5.41, 5.74) is 0.169. The monoisotopic (exact) mass is 471 g/mol. The summed E-state index contributed by atoms with van der Waals surface area (Å²) in [6.45, 7) is 3.87. The van der Waals surface area contributed by atoms with Crippen LogP contribution >= 0.6 is 0 Å². The van der Waals surface area contributed by atoms with Crippen molar-refractivity contribution < 1.29 is 28.4 Å². The lowest BCUT2D eigenvalue weighted by atomic mass is 9.94. The average molecular weight is 471 g/mol. The van der Waals surface area contributed by atoms with Crippen molar-refractivity contribution >= 4 is 35.2 Å². The van der Waals surface area contributed by atoms with E-state index in [2.05, 4.69) is 10.6 Å². The first-order chi connectivity index (χ1) is 16.3. The molecule has 34 heavy (non-hydrogen) atoms. The molecule has 0 aromatic heterocycles. The van der Waals surface area contributed by atoms with Gasteiger partial charge in [-0.3, -0.25) is 34.2 Å². The number of piperazine rings is 1. The molecule has 4 aliphatic rings. The van der Waals surface area contributed by atoms with E-state index in [1.165, 1.54) is 6.07 Å². The molecule has 0 radical (unpaired) electrons. The van der Waals surface area contributed by atoms with E-state index in [-0.39, 0.29) is 41.5 Å². The van der Waals surface area contributed by atoms with E-state index in [1.54, 1.807) is 4.90 Å². The number of nitrogens with zero attached hydrogens (tertiary/aromatic N) is 3. The maximum absolute atomic E-state index is 15.0. The Morgan fingerprint density at radius 1 is 0.912 bits per heavy atom. The van der Waals surface area contributed by atoms with Crippen LogP contribution in [0, 0.1) is 11.7 Å². The molecular formula is C23H26FN5O5. The smallest absolute Gasteiger partial charge is 0.262 e. The Kier molecular flexibility index (Phi) is 5.80. The summed E-state index contributed by atoms with van der Waals surface area (Å²) in [7, 11) is 0. The molecule has 0 spiro atoms. The standard InChI is InChI=1S/C23H26FN5O5/c24-16-11-14-15(23(34)29(22(14)33)17-1-2-19(30)26-20(17)31)12-18(16)27-7-3-13(4-8-27)21(32)28-9-5-25-6-10-28/h11-13,17,25H,1-10H2,(H,26,30,31). The highest BCUT2D eigenvalue weighted by Crippen LogP contribution is 2.34.